The van der Waals surface area contributed by atoms with E-state index in [1.54, 1.807) is 0 Å². The number of hydrogen-bond acceptors (Lipinski definition) is 2. The molecule has 0 aromatic heterocycles. The van der Waals surface area contributed by atoms with E-state index in [9.17, 15) is 9.59 Å². The van der Waals surface area contributed by atoms with Gasteiger partial charge in [0.2, 0.25) is 0 Å². The third-order valence-corrected chi connectivity index (χ3v) is 4.41. The molecule has 2 saturated heterocycles. The maximum Gasteiger partial charge on any atom is 0.329 e. The van der Waals surface area contributed by atoms with Gasteiger partial charge in [0.25, 0.3) is 0 Å². The van der Waals surface area contributed by atoms with Crippen LogP contribution in [0.25, 0.3) is 0 Å². The number of nitrogens with zero attached hydrogens (tertiary/aromatic N) is 2. The fourth-order valence-corrected chi connectivity index (χ4v) is 3.60. The van der Waals surface area contributed by atoms with Gasteiger partial charge in [0.05, 0.1) is 12.1 Å². The van der Waals surface area contributed by atoms with Crippen LogP contribution in [-0.4, -0.2) is 35.0 Å². The summed E-state index contributed by atoms with van der Waals surface area (Å²) >= 11 is 0. The lowest BCUT2D eigenvalue weighted by molar-refractivity contribution is 0.151. The van der Waals surface area contributed by atoms with Crippen molar-refractivity contribution in [2.75, 3.05) is 13.1 Å². The molecule has 2 atom stereocenters. The zero-order valence-electron chi connectivity index (χ0n) is 10.5. The minimum atomic E-state index is -0.264. The van der Waals surface area contributed by atoms with Crippen molar-refractivity contribution in [3.05, 3.63) is 35.4 Å². The predicted molar refractivity (Wildman–Crippen MR) is 68.5 cm³/mol. The SMILES string of the molecule is O=C1NCCN1C(=O)N1C2CCC1c1ccccc12. The fraction of sp³-hybridized carbons (Fsp3) is 0.429. The van der Waals surface area contributed by atoms with E-state index in [0.29, 0.717) is 13.1 Å². The Balaban J connectivity index is 1.68. The van der Waals surface area contributed by atoms with Crippen molar-refractivity contribution in [2.24, 2.45) is 0 Å². The number of nitrogens with one attached hydrogen (secondary N) is 1. The van der Waals surface area contributed by atoms with Gasteiger partial charge in [-0.25, -0.2) is 14.5 Å². The van der Waals surface area contributed by atoms with E-state index < -0.39 is 0 Å². The molecule has 3 aliphatic heterocycles. The van der Waals surface area contributed by atoms with Gasteiger partial charge < -0.3 is 10.2 Å². The number of imide groups is 1. The Morgan fingerprint density at radius 3 is 2.32 bits per heavy atom. The molecule has 0 spiro atoms. The molecule has 0 saturated carbocycles. The van der Waals surface area contributed by atoms with Crippen LogP contribution in [0, 0.1) is 0 Å². The van der Waals surface area contributed by atoms with Crippen LogP contribution in [0.15, 0.2) is 24.3 Å². The van der Waals surface area contributed by atoms with Crippen LogP contribution in [0.5, 0.6) is 0 Å². The largest absolute Gasteiger partial charge is 0.336 e. The maximum atomic E-state index is 12.6. The highest BCUT2D eigenvalue weighted by atomic mass is 16.2. The Labute approximate surface area is 111 Å². The Hall–Kier alpha value is -2.04. The van der Waals surface area contributed by atoms with Crippen molar-refractivity contribution < 1.29 is 9.59 Å². The molecule has 3 aliphatic rings. The van der Waals surface area contributed by atoms with Crippen LogP contribution in [0.2, 0.25) is 0 Å². The summed E-state index contributed by atoms with van der Waals surface area (Å²) < 4.78 is 0. The monoisotopic (exact) mass is 257 g/mol. The van der Waals surface area contributed by atoms with E-state index >= 15 is 0 Å². The van der Waals surface area contributed by atoms with Crippen LogP contribution in [0.3, 0.4) is 0 Å². The zero-order valence-corrected chi connectivity index (χ0v) is 10.5. The number of amides is 4. The van der Waals surface area contributed by atoms with Crippen molar-refractivity contribution in [1.82, 2.24) is 15.1 Å². The molecule has 0 radical (unpaired) electrons. The zero-order chi connectivity index (χ0) is 13.0. The highest BCUT2D eigenvalue weighted by Gasteiger charge is 2.48. The number of rotatable bonds is 0. The first kappa shape index (κ1) is 10.8. The molecule has 2 unspecified atom stereocenters. The lowest BCUT2D eigenvalue weighted by Gasteiger charge is -2.26. The summed E-state index contributed by atoms with van der Waals surface area (Å²) in [6.45, 7) is 1.03. The number of benzene rings is 1. The lowest BCUT2D eigenvalue weighted by atomic mass is 9.92. The van der Waals surface area contributed by atoms with Gasteiger partial charge in [-0.2, -0.15) is 0 Å². The van der Waals surface area contributed by atoms with E-state index in [-0.39, 0.29) is 24.1 Å². The first-order valence-electron chi connectivity index (χ1n) is 6.74. The van der Waals surface area contributed by atoms with Gasteiger partial charge in [0, 0.05) is 13.1 Å². The van der Waals surface area contributed by atoms with Crippen LogP contribution in [-0.2, 0) is 0 Å². The molecule has 5 heteroatoms. The maximum absolute atomic E-state index is 12.6. The van der Waals surface area contributed by atoms with Crippen LogP contribution in [0.4, 0.5) is 9.59 Å². The van der Waals surface area contributed by atoms with Gasteiger partial charge in [0.1, 0.15) is 0 Å². The number of fused-ring (bicyclic) bond motifs is 5. The average Bonchev–Trinajstić information content (AvgIpc) is 3.11. The molecule has 2 fully saturated rings. The third-order valence-electron chi connectivity index (χ3n) is 4.41. The first-order chi connectivity index (χ1) is 9.27. The fourth-order valence-electron chi connectivity index (χ4n) is 3.60. The van der Waals surface area contributed by atoms with Crippen molar-refractivity contribution in [3.63, 3.8) is 0 Å². The first-order valence-corrected chi connectivity index (χ1v) is 6.74. The second-order valence-electron chi connectivity index (χ2n) is 5.31. The van der Waals surface area contributed by atoms with Crippen LogP contribution in [0.1, 0.15) is 36.1 Å². The molecule has 2 bridgehead atoms. The predicted octanol–water partition coefficient (Wildman–Crippen LogP) is 2.02. The van der Waals surface area contributed by atoms with Gasteiger partial charge in [-0.1, -0.05) is 24.3 Å². The molecule has 1 N–H and O–H groups in total. The van der Waals surface area contributed by atoms with Gasteiger partial charge >= 0.3 is 12.1 Å². The third kappa shape index (κ3) is 1.35. The van der Waals surface area contributed by atoms with Crippen molar-refractivity contribution in [3.8, 4) is 0 Å². The smallest absolute Gasteiger partial charge is 0.329 e. The van der Waals surface area contributed by atoms with Crippen molar-refractivity contribution in [1.29, 1.82) is 0 Å². The van der Waals surface area contributed by atoms with E-state index in [1.807, 2.05) is 17.0 Å². The van der Waals surface area contributed by atoms with E-state index in [4.69, 9.17) is 0 Å². The Bertz CT molecular complexity index is 541. The molecular formula is C14H15N3O2. The van der Waals surface area contributed by atoms with Crippen molar-refractivity contribution in [2.45, 2.75) is 24.9 Å². The lowest BCUT2D eigenvalue weighted by Crippen LogP contribution is -2.43. The number of hydrogen-bond donors (Lipinski definition) is 1. The van der Waals surface area contributed by atoms with Gasteiger partial charge in [-0.05, 0) is 24.0 Å². The summed E-state index contributed by atoms with van der Waals surface area (Å²) in [5.74, 6) is 0. The second-order valence-corrected chi connectivity index (χ2v) is 5.31. The molecule has 0 aliphatic carbocycles. The Morgan fingerprint density at radius 1 is 1.16 bits per heavy atom. The van der Waals surface area contributed by atoms with Crippen LogP contribution < -0.4 is 5.32 Å². The highest BCUT2D eigenvalue weighted by molar-refractivity contribution is 5.95. The summed E-state index contributed by atoms with van der Waals surface area (Å²) in [5.41, 5.74) is 2.51. The van der Waals surface area contributed by atoms with Crippen molar-refractivity contribution >= 4 is 12.1 Å². The molecule has 3 heterocycles. The van der Waals surface area contributed by atoms with Gasteiger partial charge in [-0.3, -0.25) is 0 Å². The molecule has 4 amide bonds. The molecule has 4 rings (SSSR count). The quantitative estimate of drug-likeness (QED) is 0.773. The summed E-state index contributed by atoms with van der Waals surface area (Å²) in [5, 5.41) is 2.68. The molecule has 1 aromatic carbocycles. The minimum Gasteiger partial charge on any atom is -0.336 e. The summed E-state index contributed by atoms with van der Waals surface area (Å²) in [6.07, 6.45) is 2.01. The van der Waals surface area contributed by atoms with E-state index in [0.717, 1.165) is 12.8 Å². The second kappa shape index (κ2) is 3.73. The minimum absolute atomic E-state index is 0.140. The van der Waals surface area contributed by atoms with E-state index in [2.05, 4.69) is 17.4 Å². The van der Waals surface area contributed by atoms with Crippen LogP contribution >= 0.6 is 0 Å². The topological polar surface area (TPSA) is 52.7 Å². The van der Waals surface area contributed by atoms with E-state index in [1.165, 1.54) is 16.0 Å². The number of carbonyl (C=O) groups is 2. The average molecular weight is 257 g/mol. The van der Waals surface area contributed by atoms with Gasteiger partial charge in [-0.15, -0.1) is 0 Å². The number of carbonyl (C=O) groups excluding carboxylic acids is 2. The molecule has 19 heavy (non-hydrogen) atoms. The summed E-state index contributed by atoms with van der Waals surface area (Å²) in [6, 6.07) is 8.14. The Morgan fingerprint density at radius 2 is 1.79 bits per heavy atom. The highest BCUT2D eigenvalue weighted by Crippen LogP contribution is 2.53. The molecular weight excluding hydrogens is 242 g/mol. The Kier molecular flexibility index (Phi) is 2.13. The number of urea groups is 2. The summed E-state index contributed by atoms with van der Waals surface area (Å²) in [7, 11) is 0. The normalized spacial score (nSPS) is 27.7. The molecule has 5 nitrogen and oxygen atoms in total. The molecule has 98 valence electrons. The standard InChI is InChI=1S/C14H15N3O2/c18-13-15-7-8-16(13)14(19)17-11-5-6-12(17)10-4-2-1-3-9(10)11/h1-4,11-12H,5-8H2,(H,15,18). The summed E-state index contributed by atoms with van der Waals surface area (Å²) in [4.78, 5) is 27.5. The van der Waals surface area contributed by atoms with Gasteiger partial charge in [0.15, 0.2) is 0 Å². The molecule has 1 aromatic rings.